The van der Waals surface area contributed by atoms with E-state index >= 15 is 0 Å². The van der Waals surface area contributed by atoms with E-state index < -0.39 is 6.09 Å². The van der Waals surface area contributed by atoms with Crippen LogP contribution in [0.5, 0.6) is 17.2 Å². The predicted octanol–water partition coefficient (Wildman–Crippen LogP) is 5.69. The van der Waals surface area contributed by atoms with Crippen molar-refractivity contribution in [1.82, 2.24) is 19.9 Å². The number of amides is 1. The summed E-state index contributed by atoms with van der Waals surface area (Å²) >= 11 is 13.2. The van der Waals surface area contributed by atoms with Crippen LogP contribution in [-0.4, -0.2) is 54.3 Å². The first kappa shape index (κ1) is 25.4. The van der Waals surface area contributed by atoms with Crippen molar-refractivity contribution in [1.29, 1.82) is 0 Å². The van der Waals surface area contributed by atoms with Gasteiger partial charge in [-0.3, -0.25) is 10.3 Å². The Hall–Kier alpha value is -3.66. The van der Waals surface area contributed by atoms with Gasteiger partial charge >= 0.3 is 6.09 Å². The molecular weight excluding hydrogens is 505 g/mol. The van der Waals surface area contributed by atoms with Crippen molar-refractivity contribution >= 4 is 46.1 Å². The lowest BCUT2D eigenvalue weighted by Gasteiger charge is -2.16. The molecule has 0 unspecified atom stereocenters. The van der Waals surface area contributed by atoms with E-state index in [9.17, 15) is 4.79 Å². The summed E-state index contributed by atoms with van der Waals surface area (Å²) < 4.78 is 16.3. The van der Waals surface area contributed by atoms with E-state index in [1.54, 1.807) is 30.5 Å². The number of hydrogen-bond donors (Lipinski definition) is 1. The smallest absolute Gasteiger partial charge is 0.418 e. The van der Waals surface area contributed by atoms with Gasteiger partial charge in [0.2, 0.25) is 0 Å². The molecule has 0 aliphatic carbocycles. The second-order valence-corrected chi connectivity index (χ2v) is 8.71. The van der Waals surface area contributed by atoms with Crippen LogP contribution >= 0.6 is 23.2 Å². The Morgan fingerprint density at radius 3 is 2.17 bits per heavy atom. The highest BCUT2D eigenvalue weighted by molar-refractivity contribution is 6.41. The molecule has 0 radical (unpaired) electrons. The number of fused-ring (bicyclic) bond motifs is 1. The summed E-state index contributed by atoms with van der Waals surface area (Å²) in [6.45, 7) is 0.738. The molecule has 0 saturated carbocycles. The Balaban J connectivity index is 1.67. The molecule has 9 nitrogen and oxygen atoms in total. The number of halogens is 2. The molecule has 36 heavy (non-hydrogen) atoms. The van der Waals surface area contributed by atoms with Gasteiger partial charge in [0.05, 0.1) is 24.3 Å². The van der Waals surface area contributed by atoms with Gasteiger partial charge in [-0.1, -0.05) is 29.3 Å². The summed E-state index contributed by atoms with van der Waals surface area (Å²) in [5.74, 6) is 1.32. The molecule has 0 aliphatic rings. The zero-order valence-electron chi connectivity index (χ0n) is 20.0. The Bertz CT molecular complexity index is 1390. The lowest BCUT2D eigenvalue weighted by atomic mass is 10.0. The van der Waals surface area contributed by atoms with Crippen molar-refractivity contribution in [2.75, 3.05) is 33.6 Å². The molecule has 0 fully saturated rings. The summed E-state index contributed by atoms with van der Waals surface area (Å²) in [7, 11) is 6.93. The zero-order valence-corrected chi connectivity index (χ0v) is 21.5. The Morgan fingerprint density at radius 1 is 0.917 bits per heavy atom. The molecule has 186 valence electrons. The van der Waals surface area contributed by atoms with Crippen LogP contribution in [0.1, 0.15) is 5.56 Å². The minimum absolute atomic E-state index is 0.200. The first-order valence-electron chi connectivity index (χ1n) is 10.7. The molecule has 11 heteroatoms. The molecule has 0 aliphatic heterocycles. The van der Waals surface area contributed by atoms with Crippen molar-refractivity contribution in [3.05, 3.63) is 64.5 Å². The number of ether oxygens (including phenoxy) is 3. The molecule has 2 heterocycles. The molecule has 4 rings (SSSR count). The normalized spacial score (nSPS) is 11.0. The van der Waals surface area contributed by atoms with Crippen molar-refractivity contribution in [2.45, 2.75) is 6.54 Å². The second-order valence-electron chi connectivity index (χ2n) is 7.95. The van der Waals surface area contributed by atoms with Gasteiger partial charge in [0, 0.05) is 42.3 Å². The van der Waals surface area contributed by atoms with E-state index in [1.165, 1.54) is 26.6 Å². The highest BCUT2D eigenvalue weighted by Crippen LogP contribution is 2.47. The summed E-state index contributed by atoms with van der Waals surface area (Å²) in [6.07, 6.45) is 3.99. The molecule has 1 amide bonds. The number of aromatic nitrogens is 3. The highest BCUT2D eigenvalue weighted by Gasteiger charge is 2.22. The standard InChI is InChI=1S/C25H23Cl2N5O4/c1-32(2)13-14-5-8-19(30-12-14)31-25(33)36-16-7-6-15(23-24(16)29-10-9-28-23)20-21(26)17(34-3)11-18(35-4)22(20)27/h5-12H,13H2,1-4H3,(H,30,31,33). The lowest BCUT2D eigenvalue weighted by molar-refractivity contribution is 0.215. The average molecular weight is 528 g/mol. The quantitative estimate of drug-likeness (QED) is 0.327. The van der Waals surface area contributed by atoms with Crippen LogP contribution in [0, 0.1) is 0 Å². The Morgan fingerprint density at radius 2 is 1.58 bits per heavy atom. The van der Waals surface area contributed by atoms with E-state index in [0.717, 1.165) is 12.1 Å². The van der Waals surface area contributed by atoms with Gasteiger partial charge < -0.3 is 19.1 Å². The average Bonchev–Trinajstić information content (AvgIpc) is 2.86. The molecule has 2 aromatic carbocycles. The van der Waals surface area contributed by atoms with Crippen LogP contribution < -0.4 is 19.5 Å². The van der Waals surface area contributed by atoms with Crippen LogP contribution in [0.25, 0.3) is 22.2 Å². The Labute approximate surface area is 217 Å². The van der Waals surface area contributed by atoms with Crippen LogP contribution in [0.3, 0.4) is 0 Å². The van der Waals surface area contributed by atoms with Crippen molar-refractivity contribution < 1.29 is 19.0 Å². The van der Waals surface area contributed by atoms with Gasteiger partial charge in [-0.2, -0.15) is 0 Å². The van der Waals surface area contributed by atoms with Crippen molar-refractivity contribution in [3.63, 3.8) is 0 Å². The molecule has 0 spiro atoms. The van der Waals surface area contributed by atoms with Crippen LogP contribution in [0.2, 0.25) is 10.0 Å². The number of hydrogen-bond acceptors (Lipinski definition) is 8. The molecule has 4 aromatic rings. The largest absolute Gasteiger partial charge is 0.495 e. The minimum atomic E-state index is -0.721. The maximum absolute atomic E-state index is 12.6. The highest BCUT2D eigenvalue weighted by atomic mass is 35.5. The fourth-order valence-electron chi connectivity index (χ4n) is 3.63. The third-order valence-corrected chi connectivity index (χ3v) is 5.94. The lowest BCUT2D eigenvalue weighted by Crippen LogP contribution is -2.18. The van der Waals surface area contributed by atoms with Crippen LogP contribution in [0.15, 0.2) is 48.9 Å². The maximum Gasteiger partial charge on any atom is 0.418 e. The fourth-order valence-corrected chi connectivity index (χ4v) is 4.33. The number of nitrogens with zero attached hydrogens (tertiary/aromatic N) is 4. The number of anilines is 1. The maximum atomic E-state index is 12.6. The first-order chi connectivity index (χ1) is 17.3. The van der Waals surface area contributed by atoms with E-state index in [2.05, 4.69) is 20.3 Å². The molecule has 2 aromatic heterocycles. The first-order valence-corrected chi connectivity index (χ1v) is 11.5. The molecule has 0 saturated heterocycles. The van der Waals surface area contributed by atoms with Crippen LogP contribution in [0.4, 0.5) is 10.6 Å². The number of benzene rings is 2. The van der Waals surface area contributed by atoms with E-state index in [-0.39, 0.29) is 15.8 Å². The molecule has 1 N–H and O–H groups in total. The van der Waals surface area contributed by atoms with E-state index in [1.807, 2.05) is 25.1 Å². The SMILES string of the molecule is COc1cc(OC)c(Cl)c(-c2ccc(OC(=O)Nc3ccc(CN(C)C)cn3)c3nccnc23)c1Cl. The number of carbonyl (C=O) groups is 1. The minimum Gasteiger partial charge on any atom is -0.495 e. The molecule has 0 atom stereocenters. The van der Waals surface area contributed by atoms with E-state index in [4.69, 9.17) is 37.4 Å². The summed E-state index contributed by atoms with van der Waals surface area (Å²) in [4.78, 5) is 27.7. The Kier molecular flexibility index (Phi) is 7.73. The third-order valence-electron chi connectivity index (χ3n) is 5.19. The monoisotopic (exact) mass is 527 g/mol. The van der Waals surface area contributed by atoms with E-state index in [0.29, 0.717) is 39.5 Å². The fraction of sp³-hybridized carbons (Fsp3) is 0.200. The summed E-state index contributed by atoms with van der Waals surface area (Å²) in [5, 5.41) is 3.19. The predicted molar refractivity (Wildman–Crippen MR) is 139 cm³/mol. The summed E-state index contributed by atoms with van der Waals surface area (Å²) in [5.41, 5.74) is 2.80. The van der Waals surface area contributed by atoms with Crippen molar-refractivity contribution in [2.24, 2.45) is 0 Å². The van der Waals surface area contributed by atoms with Gasteiger partial charge in [-0.25, -0.2) is 14.8 Å². The van der Waals surface area contributed by atoms with Crippen molar-refractivity contribution in [3.8, 4) is 28.4 Å². The topological polar surface area (TPSA) is 98.7 Å². The molecular formula is C25H23Cl2N5O4. The number of pyridine rings is 1. The zero-order chi connectivity index (χ0) is 25.8. The van der Waals surface area contributed by atoms with Gasteiger partial charge in [-0.05, 0) is 37.9 Å². The van der Waals surface area contributed by atoms with Gasteiger partial charge in [0.15, 0.2) is 5.75 Å². The number of nitrogens with one attached hydrogen (secondary N) is 1. The number of rotatable bonds is 7. The van der Waals surface area contributed by atoms with Gasteiger partial charge in [-0.15, -0.1) is 0 Å². The summed E-state index contributed by atoms with van der Waals surface area (Å²) in [6, 6.07) is 8.48. The van der Waals surface area contributed by atoms with Gasteiger partial charge in [0.1, 0.15) is 28.4 Å². The van der Waals surface area contributed by atoms with Gasteiger partial charge in [0.25, 0.3) is 0 Å². The van der Waals surface area contributed by atoms with Crippen LogP contribution in [-0.2, 0) is 6.54 Å². The third kappa shape index (κ3) is 5.28. The second kappa shape index (κ2) is 10.9. The number of carbonyl (C=O) groups excluding carboxylic acids is 1. The number of methoxy groups -OCH3 is 2. The molecule has 0 bridgehead atoms.